The van der Waals surface area contributed by atoms with Crippen LogP contribution in [0.3, 0.4) is 0 Å². The van der Waals surface area contributed by atoms with Crippen molar-refractivity contribution >= 4 is 17.9 Å². The SMILES string of the molecule is O=C(COc1ccccc1)N1CC(CN2C(=O)COC2=O)C1. The van der Waals surface area contributed by atoms with E-state index in [0.29, 0.717) is 25.4 Å². The zero-order chi connectivity index (χ0) is 15.5. The monoisotopic (exact) mass is 304 g/mol. The van der Waals surface area contributed by atoms with Crippen molar-refractivity contribution in [2.45, 2.75) is 0 Å². The zero-order valence-electron chi connectivity index (χ0n) is 11.9. The minimum Gasteiger partial charge on any atom is -0.484 e. The van der Waals surface area contributed by atoms with E-state index in [1.165, 1.54) is 0 Å². The Kier molecular flexibility index (Phi) is 3.95. The molecule has 2 aliphatic rings. The minimum absolute atomic E-state index is 0.0125. The quantitative estimate of drug-likeness (QED) is 0.792. The van der Waals surface area contributed by atoms with Gasteiger partial charge in [-0.1, -0.05) is 18.2 Å². The van der Waals surface area contributed by atoms with Gasteiger partial charge < -0.3 is 14.4 Å². The minimum atomic E-state index is -0.595. The summed E-state index contributed by atoms with van der Waals surface area (Å²) in [6, 6.07) is 9.13. The molecule has 0 aromatic heterocycles. The molecule has 0 radical (unpaired) electrons. The van der Waals surface area contributed by atoms with Gasteiger partial charge in [0.05, 0.1) is 0 Å². The number of ether oxygens (including phenoxy) is 2. The Balaban J connectivity index is 1.40. The second-order valence-corrected chi connectivity index (χ2v) is 5.33. The molecule has 0 unspecified atom stereocenters. The lowest BCUT2D eigenvalue weighted by molar-refractivity contribution is -0.140. The lowest BCUT2D eigenvalue weighted by Crippen LogP contribution is -2.55. The fourth-order valence-electron chi connectivity index (χ4n) is 2.46. The Morgan fingerprint density at radius 2 is 1.95 bits per heavy atom. The van der Waals surface area contributed by atoms with E-state index in [0.717, 1.165) is 4.90 Å². The van der Waals surface area contributed by atoms with Crippen LogP contribution in [0, 0.1) is 5.92 Å². The Labute approximate surface area is 127 Å². The fraction of sp³-hybridized carbons (Fsp3) is 0.400. The number of imide groups is 1. The normalized spacial score (nSPS) is 18.2. The number of para-hydroxylation sites is 1. The number of likely N-dealkylation sites (tertiary alicyclic amines) is 1. The second kappa shape index (κ2) is 6.05. The summed E-state index contributed by atoms with van der Waals surface area (Å²) in [6.07, 6.45) is -0.595. The number of cyclic esters (lactones) is 1. The molecule has 1 aromatic carbocycles. The molecule has 0 bridgehead atoms. The maximum Gasteiger partial charge on any atom is 0.417 e. The zero-order valence-corrected chi connectivity index (χ0v) is 11.9. The van der Waals surface area contributed by atoms with E-state index in [1.807, 2.05) is 18.2 Å². The van der Waals surface area contributed by atoms with Crippen molar-refractivity contribution in [3.05, 3.63) is 30.3 Å². The first kappa shape index (κ1) is 14.4. The molecule has 0 spiro atoms. The van der Waals surface area contributed by atoms with Crippen molar-refractivity contribution < 1.29 is 23.9 Å². The summed E-state index contributed by atoms with van der Waals surface area (Å²) in [4.78, 5) is 37.4. The lowest BCUT2D eigenvalue weighted by atomic mass is 9.99. The highest BCUT2D eigenvalue weighted by atomic mass is 16.6. The van der Waals surface area contributed by atoms with Crippen molar-refractivity contribution in [2.75, 3.05) is 32.8 Å². The van der Waals surface area contributed by atoms with Crippen LogP contribution in [0.15, 0.2) is 30.3 Å². The van der Waals surface area contributed by atoms with E-state index < -0.39 is 6.09 Å². The van der Waals surface area contributed by atoms with Crippen LogP contribution in [0.2, 0.25) is 0 Å². The summed E-state index contributed by atoms with van der Waals surface area (Å²) in [5.41, 5.74) is 0. The van der Waals surface area contributed by atoms with Gasteiger partial charge in [-0.25, -0.2) is 9.69 Å². The number of carbonyl (C=O) groups excluding carboxylic acids is 3. The highest BCUT2D eigenvalue weighted by Crippen LogP contribution is 2.19. The van der Waals surface area contributed by atoms with Gasteiger partial charge in [0, 0.05) is 25.6 Å². The molecule has 3 amide bonds. The smallest absolute Gasteiger partial charge is 0.417 e. The summed E-state index contributed by atoms with van der Waals surface area (Å²) >= 11 is 0. The van der Waals surface area contributed by atoms with Crippen LogP contribution in [0.25, 0.3) is 0 Å². The topological polar surface area (TPSA) is 76.2 Å². The molecular formula is C15H16N2O5. The molecule has 2 heterocycles. The van der Waals surface area contributed by atoms with Crippen LogP contribution in [-0.4, -0.2) is 60.6 Å². The number of nitrogens with zero attached hydrogens (tertiary/aromatic N) is 2. The van der Waals surface area contributed by atoms with Crippen LogP contribution < -0.4 is 4.74 Å². The predicted octanol–water partition coefficient (Wildman–Crippen LogP) is 0.503. The third-order valence-electron chi connectivity index (χ3n) is 3.70. The van der Waals surface area contributed by atoms with Crippen molar-refractivity contribution in [3.63, 3.8) is 0 Å². The van der Waals surface area contributed by atoms with Gasteiger partial charge in [-0.15, -0.1) is 0 Å². The first-order valence-electron chi connectivity index (χ1n) is 7.06. The molecule has 0 saturated carbocycles. The van der Waals surface area contributed by atoms with Gasteiger partial charge in [0.1, 0.15) is 5.75 Å². The summed E-state index contributed by atoms with van der Waals surface area (Å²) < 4.78 is 10.0. The van der Waals surface area contributed by atoms with E-state index in [2.05, 4.69) is 4.74 Å². The van der Waals surface area contributed by atoms with Crippen molar-refractivity contribution in [3.8, 4) is 5.75 Å². The molecule has 2 fully saturated rings. The molecule has 0 N–H and O–H groups in total. The first-order chi connectivity index (χ1) is 10.6. The Morgan fingerprint density at radius 3 is 2.59 bits per heavy atom. The van der Waals surface area contributed by atoms with E-state index in [1.54, 1.807) is 17.0 Å². The number of hydrogen-bond donors (Lipinski definition) is 0. The number of hydrogen-bond acceptors (Lipinski definition) is 5. The van der Waals surface area contributed by atoms with Gasteiger partial charge >= 0.3 is 6.09 Å². The average molecular weight is 304 g/mol. The number of carbonyl (C=O) groups is 3. The largest absolute Gasteiger partial charge is 0.484 e. The summed E-state index contributed by atoms with van der Waals surface area (Å²) in [5.74, 6) is 0.339. The van der Waals surface area contributed by atoms with Crippen molar-refractivity contribution in [2.24, 2.45) is 5.92 Å². The molecular weight excluding hydrogens is 288 g/mol. The summed E-state index contributed by atoms with van der Waals surface area (Å²) in [6.45, 7) is 1.16. The molecule has 22 heavy (non-hydrogen) atoms. The molecule has 0 atom stereocenters. The van der Waals surface area contributed by atoms with Crippen molar-refractivity contribution in [1.29, 1.82) is 0 Å². The van der Waals surface area contributed by atoms with E-state index in [4.69, 9.17) is 4.74 Å². The Hall–Kier alpha value is -2.57. The summed E-state index contributed by atoms with van der Waals surface area (Å²) in [7, 11) is 0. The molecule has 2 saturated heterocycles. The standard InChI is InChI=1S/C15H16N2O5/c18-13(9-21-12-4-2-1-3-5-12)16-6-11(7-16)8-17-14(19)10-22-15(17)20/h1-5,11H,6-10H2. The first-order valence-corrected chi connectivity index (χ1v) is 7.06. The van der Waals surface area contributed by atoms with Crippen LogP contribution in [-0.2, 0) is 14.3 Å². The second-order valence-electron chi connectivity index (χ2n) is 5.33. The lowest BCUT2D eigenvalue weighted by Gasteiger charge is -2.40. The highest BCUT2D eigenvalue weighted by Gasteiger charge is 2.38. The molecule has 1 aromatic rings. The van der Waals surface area contributed by atoms with Crippen LogP contribution >= 0.6 is 0 Å². The predicted molar refractivity (Wildman–Crippen MR) is 75.1 cm³/mol. The molecule has 7 nitrogen and oxygen atoms in total. The Morgan fingerprint density at radius 1 is 1.23 bits per heavy atom. The third kappa shape index (κ3) is 3.03. The van der Waals surface area contributed by atoms with Gasteiger partial charge in [0.25, 0.3) is 11.8 Å². The molecule has 0 aliphatic carbocycles. The van der Waals surface area contributed by atoms with Crippen molar-refractivity contribution in [1.82, 2.24) is 9.80 Å². The van der Waals surface area contributed by atoms with Gasteiger partial charge in [-0.3, -0.25) is 9.59 Å². The highest BCUT2D eigenvalue weighted by molar-refractivity contribution is 5.97. The van der Waals surface area contributed by atoms with Crippen LogP contribution in [0.4, 0.5) is 4.79 Å². The van der Waals surface area contributed by atoms with Gasteiger partial charge in [-0.2, -0.15) is 0 Å². The number of amides is 3. The van der Waals surface area contributed by atoms with Gasteiger partial charge in [0.15, 0.2) is 13.2 Å². The van der Waals surface area contributed by atoms with Gasteiger partial charge in [-0.05, 0) is 12.1 Å². The summed E-state index contributed by atoms with van der Waals surface area (Å²) in [5, 5.41) is 0. The fourth-order valence-corrected chi connectivity index (χ4v) is 2.46. The van der Waals surface area contributed by atoms with Crippen LogP contribution in [0.1, 0.15) is 0 Å². The molecule has 2 aliphatic heterocycles. The third-order valence-corrected chi connectivity index (χ3v) is 3.70. The molecule has 116 valence electrons. The molecule has 7 heteroatoms. The van der Waals surface area contributed by atoms with E-state index in [-0.39, 0.29) is 30.9 Å². The Bertz CT molecular complexity index is 567. The van der Waals surface area contributed by atoms with E-state index >= 15 is 0 Å². The van der Waals surface area contributed by atoms with Gasteiger partial charge in [0.2, 0.25) is 0 Å². The van der Waals surface area contributed by atoms with E-state index in [9.17, 15) is 14.4 Å². The van der Waals surface area contributed by atoms with Crippen LogP contribution in [0.5, 0.6) is 5.75 Å². The number of rotatable bonds is 5. The maximum absolute atomic E-state index is 11.9. The maximum atomic E-state index is 11.9. The number of benzene rings is 1. The molecule has 3 rings (SSSR count). The average Bonchev–Trinajstić information content (AvgIpc) is 2.80.